The van der Waals surface area contributed by atoms with Crippen LogP contribution in [0, 0.1) is 12.7 Å². The molecule has 3 heterocycles. The summed E-state index contributed by atoms with van der Waals surface area (Å²) in [6, 6.07) is 0.310. The van der Waals surface area contributed by atoms with Gasteiger partial charge in [0.2, 0.25) is 5.43 Å². The number of hydrogen-bond acceptors (Lipinski definition) is 6. The van der Waals surface area contributed by atoms with Crippen molar-refractivity contribution in [2.75, 3.05) is 24.5 Å². The molecule has 4 rings (SSSR count). The minimum Gasteiger partial charge on any atom is -0.449 e. The van der Waals surface area contributed by atoms with E-state index >= 15 is 4.39 Å². The van der Waals surface area contributed by atoms with E-state index in [2.05, 4.69) is 15.0 Å². The molecular formula is C18H21FN4O4. The van der Waals surface area contributed by atoms with Gasteiger partial charge in [0, 0.05) is 37.3 Å². The Balaban J connectivity index is 1.94. The molecule has 27 heavy (non-hydrogen) atoms. The summed E-state index contributed by atoms with van der Waals surface area (Å²) in [6.45, 7) is 5.50. The van der Waals surface area contributed by atoms with Gasteiger partial charge in [-0.15, -0.1) is 0 Å². The summed E-state index contributed by atoms with van der Waals surface area (Å²) in [7, 11) is 0. The molecule has 9 heteroatoms. The first-order chi connectivity index (χ1) is 12.9. The molecule has 2 fully saturated rings. The molecule has 2 aromatic rings. The smallest absolute Gasteiger partial charge is 0.449 e. The molecule has 2 aliphatic rings. The number of aromatic nitrogens is 2. The van der Waals surface area contributed by atoms with Gasteiger partial charge in [0.05, 0.1) is 11.6 Å². The number of fused-ring (bicyclic) bond motifs is 1. The van der Waals surface area contributed by atoms with E-state index < -0.39 is 17.4 Å². The van der Waals surface area contributed by atoms with Gasteiger partial charge < -0.3 is 24.6 Å². The van der Waals surface area contributed by atoms with Gasteiger partial charge in [-0.1, -0.05) is 0 Å². The summed E-state index contributed by atoms with van der Waals surface area (Å²) in [5.74, 6) is -0.646. The van der Waals surface area contributed by atoms with Crippen LogP contribution in [-0.4, -0.2) is 46.5 Å². The minimum absolute atomic E-state index is 0.0742. The van der Waals surface area contributed by atoms with Crippen molar-refractivity contribution in [3.8, 4) is 5.75 Å². The number of anilines is 1. The first kappa shape index (κ1) is 17.7. The number of ether oxygens (including phenoxy) is 1. The summed E-state index contributed by atoms with van der Waals surface area (Å²) in [6.07, 6.45) is 1.59. The summed E-state index contributed by atoms with van der Waals surface area (Å²) < 4.78 is 21.5. The van der Waals surface area contributed by atoms with Gasteiger partial charge in [-0.3, -0.25) is 4.79 Å². The second-order valence-corrected chi connectivity index (χ2v) is 7.20. The molecule has 1 atom stereocenters. The standard InChI is InChI=1S/C18H21FN4O4/c1-9-7-22(6-5-20-9)17-14(19)10(2)13-15(24)12(27-18(25)26)8-23(11-3-4-11)16(13)21-17/h8-9,11,20H,3-7H2,1-2H3,(H,25,26). The maximum absolute atomic E-state index is 15.1. The van der Waals surface area contributed by atoms with E-state index in [1.165, 1.54) is 13.1 Å². The lowest BCUT2D eigenvalue weighted by molar-refractivity contribution is 0.143. The van der Waals surface area contributed by atoms with E-state index in [1.54, 1.807) is 4.57 Å². The second-order valence-electron chi connectivity index (χ2n) is 7.20. The fourth-order valence-corrected chi connectivity index (χ4v) is 3.61. The fourth-order valence-electron chi connectivity index (χ4n) is 3.61. The predicted molar refractivity (Wildman–Crippen MR) is 97.3 cm³/mol. The molecule has 1 saturated carbocycles. The van der Waals surface area contributed by atoms with Crippen LogP contribution in [0.1, 0.15) is 31.4 Å². The van der Waals surface area contributed by atoms with E-state index in [1.807, 2.05) is 11.8 Å². The number of halogens is 1. The summed E-state index contributed by atoms with van der Waals surface area (Å²) in [5.41, 5.74) is -0.120. The molecule has 144 valence electrons. The Bertz CT molecular complexity index is 986. The molecule has 0 bridgehead atoms. The van der Waals surface area contributed by atoms with Gasteiger partial charge in [0.15, 0.2) is 17.4 Å². The van der Waals surface area contributed by atoms with E-state index in [0.717, 1.165) is 19.4 Å². The van der Waals surface area contributed by atoms with Gasteiger partial charge in [0.1, 0.15) is 5.65 Å². The lowest BCUT2D eigenvalue weighted by atomic mass is 10.1. The van der Waals surface area contributed by atoms with Gasteiger partial charge in [-0.25, -0.2) is 14.2 Å². The first-order valence-electron chi connectivity index (χ1n) is 9.01. The lowest BCUT2D eigenvalue weighted by Gasteiger charge is -2.33. The van der Waals surface area contributed by atoms with Crippen molar-refractivity contribution in [1.29, 1.82) is 0 Å². The third-order valence-corrected chi connectivity index (χ3v) is 5.09. The Kier molecular flexibility index (Phi) is 4.26. The third-order valence-electron chi connectivity index (χ3n) is 5.09. The van der Waals surface area contributed by atoms with Crippen LogP contribution in [0.15, 0.2) is 11.0 Å². The van der Waals surface area contributed by atoms with Crippen molar-refractivity contribution in [3.63, 3.8) is 0 Å². The largest absolute Gasteiger partial charge is 0.511 e. The molecule has 0 radical (unpaired) electrons. The third kappa shape index (κ3) is 3.12. The molecule has 1 unspecified atom stereocenters. The van der Waals surface area contributed by atoms with Crippen LogP contribution in [0.4, 0.5) is 15.0 Å². The Morgan fingerprint density at radius 3 is 2.81 bits per heavy atom. The van der Waals surface area contributed by atoms with Crippen LogP contribution in [0.5, 0.6) is 5.75 Å². The van der Waals surface area contributed by atoms with Crippen molar-refractivity contribution in [2.45, 2.75) is 38.8 Å². The van der Waals surface area contributed by atoms with E-state index in [0.29, 0.717) is 18.7 Å². The summed E-state index contributed by atoms with van der Waals surface area (Å²) in [4.78, 5) is 30.1. The monoisotopic (exact) mass is 376 g/mol. The van der Waals surface area contributed by atoms with Crippen LogP contribution in [0.3, 0.4) is 0 Å². The average Bonchev–Trinajstić information content (AvgIpc) is 3.44. The zero-order chi connectivity index (χ0) is 19.3. The number of pyridine rings is 2. The van der Waals surface area contributed by atoms with Crippen LogP contribution in [0.25, 0.3) is 11.0 Å². The van der Waals surface area contributed by atoms with E-state index in [9.17, 15) is 9.59 Å². The Hall–Kier alpha value is -2.68. The lowest BCUT2D eigenvalue weighted by Crippen LogP contribution is -2.50. The molecule has 1 aliphatic carbocycles. The highest BCUT2D eigenvalue weighted by Gasteiger charge is 2.30. The van der Waals surface area contributed by atoms with Crippen LogP contribution >= 0.6 is 0 Å². The van der Waals surface area contributed by atoms with E-state index in [-0.39, 0.29) is 34.6 Å². The maximum atomic E-state index is 15.1. The van der Waals surface area contributed by atoms with Crippen molar-refractivity contribution in [3.05, 3.63) is 27.8 Å². The number of carbonyl (C=O) groups is 1. The molecule has 0 amide bonds. The molecule has 0 spiro atoms. The van der Waals surface area contributed by atoms with Gasteiger partial charge in [-0.2, -0.15) is 0 Å². The number of carboxylic acid groups (broad SMARTS) is 1. The number of aryl methyl sites for hydroxylation is 1. The SMILES string of the molecule is Cc1c(F)c(N2CCNC(C)C2)nc2c1c(=O)c(OC(=O)O)cn2C1CC1. The zero-order valence-corrected chi connectivity index (χ0v) is 15.2. The summed E-state index contributed by atoms with van der Waals surface area (Å²) in [5, 5.41) is 12.3. The normalized spacial score (nSPS) is 20.1. The molecular weight excluding hydrogens is 355 g/mol. The average molecular weight is 376 g/mol. The Morgan fingerprint density at radius 1 is 1.44 bits per heavy atom. The number of nitrogens with zero attached hydrogens (tertiary/aromatic N) is 3. The highest BCUT2D eigenvalue weighted by Crippen LogP contribution is 2.38. The van der Waals surface area contributed by atoms with Crippen molar-refractivity contribution < 1.29 is 19.0 Å². The number of piperazine rings is 1. The maximum Gasteiger partial charge on any atom is 0.511 e. The zero-order valence-electron chi connectivity index (χ0n) is 15.2. The van der Waals surface area contributed by atoms with Gasteiger partial charge in [-0.05, 0) is 26.7 Å². The van der Waals surface area contributed by atoms with Gasteiger partial charge >= 0.3 is 6.16 Å². The van der Waals surface area contributed by atoms with Crippen LogP contribution < -0.4 is 20.4 Å². The van der Waals surface area contributed by atoms with E-state index in [4.69, 9.17) is 5.11 Å². The Morgan fingerprint density at radius 2 is 2.19 bits per heavy atom. The molecule has 8 nitrogen and oxygen atoms in total. The van der Waals surface area contributed by atoms with Crippen LogP contribution in [-0.2, 0) is 0 Å². The van der Waals surface area contributed by atoms with Crippen LogP contribution in [0.2, 0.25) is 0 Å². The predicted octanol–water partition coefficient (Wildman–Crippen LogP) is 2.03. The quantitative estimate of drug-likeness (QED) is 0.791. The number of rotatable bonds is 3. The molecule has 1 aliphatic heterocycles. The molecule has 2 aromatic heterocycles. The van der Waals surface area contributed by atoms with Crippen molar-refractivity contribution in [1.82, 2.24) is 14.9 Å². The Labute approximate surface area is 154 Å². The van der Waals surface area contributed by atoms with Gasteiger partial charge in [0.25, 0.3) is 0 Å². The number of nitrogens with one attached hydrogen (secondary N) is 1. The molecule has 0 aromatic carbocycles. The van der Waals surface area contributed by atoms with Crippen molar-refractivity contribution in [2.24, 2.45) is 0 Å². The highest BCUT2D eigenvalue weighted by atomic mass is 19.1. The molecule has 2 N–H and O–H groups in total. The molecule has 1 saturated heterocycles. The number of hydrogen-bond donors (Lipinski definition) is 2. The topological polar surface area (TPSA) is 96.7 Å². The summed E-state index contributed by atoms with van der Waals surface area (Å²) >= 11 is 0. The van der Waals surface area contributed by atoms with Crippen molar-refractivity contribution >= 4 is 23.0 Å². The minimum atomic E-state index is -1.58. The fraction of sp³-hybridized carbons (Fsp3) is 0.500. The second kappa shape index (κ2) is 6.49. The highest BCUT2D eigenvalue weighted by molar-refractivity contribution is 5.83. The first-order valence-corrected chi connectivity index (χ1v) is 9.01.